The zero-order chi connectivity index (χ0) is 28.7. The predicted octanol–water partition coefficient (Wildman–Crippen LogP) is 11.9. The smallest absolute Gasteiger partial charge is 0.0159 e. The molecule has 0 N–H and O–H groups in total. The van der Waals surface area contributed by atoms with Crippen molar-refractivity contribution in [2.24, 2.45) is 0 Å². The molecule has 0 spiro atoms. The van der Waals surface area contributed by atoms with Crippen LogP contribution in [0.1, 0.15) is 25.0 Å². The van der Waals surface area contributed by atoms with Gasteiger partial charge in [0.15, 0.2) is 0 Å². The summed E-state index contributed by atoms with van der Waals surface area (Å²) in [5, 5.41) is 10.3. The predicted molar refractivity (Wildman–Crippen MR) is 185 cm³/mol. The van der Waals surface area contributed by atoms with Gasteiger partial charge in [-0.2, -0.15) is 0 Å². The van der Waals surface area contributed by atoms with Gasteiger partial charge in [-0.05, 0) is 99.7 Å². The molecule has 1 aliphatic rings. The average molecular weight is 547 g/mol. The molecule has 0 bridgehead atoms. The summed E-state index contributed by atoms with van der Waals surface area (Å²) in [4.78, 5) is 0. The molecular formula is C43H30. The normalized spacial score (nSPS) is 13.5. The van der Waals surface area contributed by atoms with Gasteiger partial charge in [0.25, 0.3) is 0 Å². The molecule has 8 aromatic carbocycles. The first-order valence-electron chi connectivity index (χ1n) is 15.2. The number of fused-ring (bicyclic) bond motifs is 8. The van der Waals surface area contributed by atoms with E-state index in [0.29, 0.717) is 0 Å². The van der Waals surface area contributed by atoms with Crippen molar-refractivity contribution in [3.8, 4) is 33.4 Å². The molecule has 0 aromatic heterocycles. The highest BCUT2D eigenvalue weighted by molar-refractivity contribution is 6.22. The van der Waals surface area contributed by atoms with Crippen LogP contribution in [0.25, 0.3) is 76.5 Å². The molecule has 0 aliphatic heterocycles. The van der Waals surface area contributed by atoms with E-state index in [2.05, 4.69) is 159 Å². The van der Waals surface area contributed by atoms with E-state index < -0.39 is 0 Å². The van der Waals surface area contributed by atoms with Gasteiger partial charge in [-0.15, -0.1) is 0 Å². The summed E-state index contributed by atoms with van der Waals surface area (Å²) >= 11 is 0. The molecule has 43 heavy (non-hydrogen) atoms. The van der Waals surface area contributed by atoms with Crippen LogP contribution in [0.4, 0.5) is 0 Å². The minimum Gasteiger partial charge on any atom is -0.0619 e. The second-order valence-corrected chi connectivity index (χ2v) is 12.5. The minimum atomic E-state index is -0.0389. The highest BCUT2D eigenvalue weighted by Gasteiger charge is 2.35. The summed E-state index contributed by atoms with van der Waals surface area (Å²) in [6.07, 6.45) is 0. The Hall–Kier alpha value is -5.20. The van der Waals surface area contributed by atoms with Gasteiger partial charge in [-0.3, -0.25) is 0 Å². The topological polar surface area (TPSA) is 0 Å². The summed E-state index contributed by atoms with van der Waals surface area (Å²) in [6, 6.07) is 54.2. The van der Waals surface area contributed by atoms with Crippen molar-refractivity contribution in [1.82, 2.24) is 0 Å². The lowest BCUT2D eigenvalue weighted by atomic mass is 9.80. The van der Waals surface area contributed by atoms with E-state index in [9.17, 15) is 0 Å². The molecule has 9 rings (SSSR count). The largest absolute Gasteiger partial charge is 0.0619 e. The fourth-order valence-corrected chi connectivity index (χ4v) is 7.78. The van der Waals surface area contributed by atoms with Crippen LogP contribution in [0.15, 0.2) is 146 Å². The van der Waals surface area contributed by atoms with Crippen molar-refractivity contribution in [2.75, 3.05) is 0 Å². The van der Waals surface area contributed by atoms with Gasteiger partial charge >= 0.3 is 0 Å². The molecule has 8 aromatic rings. The van der Waals surface area contributed by atoms with Crippen molar-refractivity contribution < 1.29 is 0 Å². The van der Waals surface area contributed by atoms with Crippen LogP contribution in [-0.2, 0) is 5.41 Å². The molecule has 0 fully saturated rings. The van der Waals surface area contributed by atoms with Crippen LogP contribution in [0.3, 0.4) is 0 Å². The lowest BCUT2D eigenvalue weighted by Crippen LogP contribution is -2.14. The van der Waals surface area contributed by atoms with Gasteiger partial charge < -0.3 is 0 Å². The molecule has 0 radical (unpaired) electrons. The molecule has 202 valence electrons. The molecular weight excluding hydrogens is 516 g/mol. The van der Waals surface area contributed by atoms with Gasteiger partial charge in [-0.25, -0.2) is 0 Å². The van der Waals surface area contributed by atoms with Crippen LogP contribution in [0.2, 0.25) is 0 Å². The molecule has 1 aliphatic carbocycles. The van der Waals surface area contributed by atoms with Crippen LogP contribution in [-0.4, -0.2) is 0 Å². The van der Waals surface area contributed by atoms with E-state index in [4.69, 9.17) is 0 Å². The Morgan fingerprint density at radius 3 is 1.53 bits per heavy atom. The number of benzene rings is 8. The second kappa shape index (κ2) is 8.90. The van der Waals surface area contributed by atoms with E-state index in [1.807, 2.05) is 0 Å². The lowest BCUT2D eigenvalue weighted by Gasteiger charge is -2.23. The Bertz CT molecular complexity index is 2360. The van der Waals surface area contributed by atoms with Crippen molar-refractivity contribution in [1.29, 1.82) is 0 Å². The van der Waals surface area contributed by atoms with Crippen molar-refractivity contribution in [3.05, 3.63) is 157 Å². The molecule has 0 heterocycles. The van der Waals surface area contributed by atoms with Gasteiger partial charge in [0.1, 0.15) is 0 Å². The quantitative estimate of drug-likeness (QED) is 0.149. The number of hydrogen-bond donors (Lipinski definition) is 0. The molecule has 0 heteroatoms. The molecule has 0 amide bonds. The molecule has 0 unspecified atom stereocenters. The fraction of sp³-hybridized carbons (Fsp3) is 0.0698. The maximum absolute atomic E-state index is 2.46. The van der Waals surface area contributed by atoms with Crippen LogP contribution in [0, 0.1) is 0 Å². The Morgan fingerprint density at radius 1 is 0.349 bits per heavy atom. The average Bonchev–Trinajstić information content (AvgIpc) is 3.29. The monoisotopic (exact) mass is 546 g/mol. The van der Waals surface area contributed by atoms with E-state index in [0.717, 1.165) is 0 Å². The van der Waals surface area contributed by atoms with Crippen molar-refractivity contribution >= 4 is 43.1 Å². The molecule has 0 saturated carbocycles. The van der Waals surface area contributed by atoms with E-state index in [1.165, 1.54) is 87.6 Å². The number of rotatable bonds is 2. The van der Waals surface area contributed by atoms with Gasteiger partial charge in [0.05, 0.1) is 0 Å². The molecule has 0 nitrogen and oxygen atoms in total. The lowest BCUT2D eigenvalue weighted by molar-refractivity contribution is 0.660. The van der Waals surface area contributed by atoms with E-state index in [1.54, 1.807) is 0 Å². The summed E-state index contributed by atoms with van der Waals surface area (Å²) in [7, 11) is 0. The van der Waals surface area contributed by atoms with Crippen molar-refractivity contribution in [3.63, 3.8) is 0 Å². The summed E-state index contributed by atoms with van der Waals surface area (Å²) in [5.74, 6) is 0. The summed E-state index contributed by atoms with van der Waals surface area (Å²) in [6.45, 7) is 4.73. The van der Waals surface area contributed by atoms with Gasteiger partial charge in [0.2, 0.25) is 0 Å². The fourth-order valence-electron chi connectivity index (χ4n) is 7.78. The minimum absolute atomic E-state index is 0.0389. The summed E-state index contributed by atoms with van der Waals surface area (Å²) < 4.78 is 0. The Balaban J connectivity index is 1.32. The Morgan fingerprint density at radius 2 is 0.837 bits per heavy atom. The molecule has 0 atom stereocenters. The third kappa shape index (κ3) is 3.44. The van der Waals surface area contributed by atoms with Gasteiger partial charge in [0, 0.05) is 5.41 Å². The van der Waals surface area contributed by atoms with Crippen molar-refractivity contribution in [2.45, 2.75) is 19.3 Å². The van der Waals surface area contributed by atoms with Crippen LogP contribution >= 0.6 is 0 Å². The Kier molecular flexibility index (Phi) is 5.05. The highest BCUT2D eigenvalue weighted by Crippen LogP contribution is 2.51. The first-order valence-corrected chi connectivity index (χ1v) is 15.2. The highest BCUT2D eigenvalue weighted by atomic mass is 14.4. The summed E-state index contributed by atoms with van der Waals surface area (Å²) in [5.41, 5.74) is 10.7. The first kappa shape index (κ1) is 24.4. The second-order valence-electron chi connectivity index (χ2n) is 12.5. The zero-order valence-corrected chi connectivity index (χ0v) is 24.4. The van der Waals surface area contributed by atoms with Gasteiger partial charge in [-0.1, -0.05) is 147 Å². The third-order valence-corrected chi connectivity index (χ3v) is 9.84. The van der Waals surface area contributed by atoms with E-state index in [-0.39, 0.29) is 5.41 Å². The maximum atomic E-state index is 2.46. The SMILES string of the molecule is CC1(C)c2ccccc2-c2ccc(-c3c4ccccc4c(-c4ccc5c(ccc6ccccc65)c4)c4ccccc34)cc21. The van der Waals surface area contributed by atoms with E-state index >= 15 is 0 Å². The molecule has 0 saturated heterocycles. The maximum Gasteiger partial charge on any atom is 0.0159 e. The Labute approximate surface area is 251 Å². The first-order chi connectivity index (χ1) is 21.1. The standard InChI is InChI=1S/C43H30/c1-43(2)39-18-10-9-13-33(39)34-24-22-30(26-40(34)43)42-37-16-7-5-14-35(37)41(36-15-6-8-17-38(36)42)29-21-23-32-28(25-29)20-19-27-11-3-4-12-31(27)32/h3-26H,1-2H3. The van der Waals surface area contributed by atoms with Crippen LogP contribution < -0.4 is 0 Å². The van der Waals surface area contributed by atoms with Crippen LogP contribution in [0.5, 0.6) is 0 Å². The zero-order valence-electron chi connectivity index (χ0n) is 24.4. The number of hydrogen-bond acceptors (Lipinski definition) is 0. The third-order valence-electron chi connectivity index (χ3n) is 9.84.